The third-order valence-corrected chi connectivity index (χ3v) is 3.82. The predicted molar refractivity (Wildman–Crippen MR) is 81.4 cm³/mol. The van der Waals surface area contributed by atoms with Crippen LogP contribution in [0.4, 0.5) is 0 Å². The fourth-order valence-corrected chi connectivity index (χ4v) is 2.47. The second-order valence-corrected chi connectivity index (χ2v) is 5.65. The molecule has 1 heterocycles. The molecule has 1 saturated heterocycles. The smallest absolute Gasteiger partial charge is 0.186 e. The summed E-state index contributed by atoms with van der Waals surface area (Å²) < 4.78 is 10.6. The van der Waals surface area contributed by atoms with Crippen LogP contribution in [0, 0.1) is 0 Å². The van der Waals surface area contributed by atoms with Gasteiger partial charge in [0.1, 0.15) is 24.4 Å². The number of hydrogen-bond acceptors (Lipinski definition) is 7. The van der Waals surface area contributed by atoms with E-state index in [1.807, 2.05) is 0 Å². The van der Waals surface area contributed by atoms with Crippen LogP contribution in [0.5, 0.6) is 0 Å². The maximum absolute atomic E-state index is 9.79. The first kappa shape index (κ1) is 20.1. The number of rotatable bonds is 12. The summed E-state index contributed by atoms with van der Waals surface area (Å²) in [7, 11) is 0. The first-order valence-electron chi connectivity index (χ1n) is 8.04. The molecule has 0 bridgehead atoms. The highest BCUT2D eigenvalue weighted by Crippen LogP contribution is 2.24. The normalized spacial score (nSPS) is 28.5. The van der Waals surface area contributed by atoms with E-state index in [0.29, 0.717) is 13.2 Å². The van der Waals surface area contributed by atoms with Gasteiger partial charge in [-0.25, -0.2) is 0 Å². The van der Waals surface area contributed by atoms with Crippen LogP contribution in [-0.2, 0) is 9.47 Å². The van der Waals surface area contributed by atoms with Crippen molar-refractivity contribution < 1.29 is 29.9 Å². The van der Waals surface area contributed by atoms with Gasteiger partial charge in [-0.05, 0) is 18.4 Å². The van der Waals surface area contributed by atoms with Crippen molar-refractivity contribution >= 4 is 0 Å². The molecule has 9 nitrogen and oxygen atoms in total. The standard InChI is InChI=1S/C14H27N3O6/c15-17-16-7-5-3-1-2-4-6-8-22-14-12(21)11(20)13(23-14)10(19)9-18/h10-14,18-21H,1-9H2/t10-,11-,12-,13+,14-/m1/s1. The molecule has 0 aliphatic carbocycles. The summed E-state index contributed by atoms with van der Waals surface area (Å²) in [5.41, 5.74) is 8.13. The van der Waals surface area contributed by atoms with Crippen LogP contribution in [-0.4, -0.2) is 70.9 Å². The van der Waals surface area contributed by atoms with Gasteiger partial charge in [0.05, 0.1) is 6.61 Å². The molecule has 134 valence electrons. The topological polar surface area (TPSA) is 148 Å². The maximum atomic E-state index is 9.79. The Bertz CT molecular complexity index is 366. The molecular weight excluding hydrogens is 306 g/mol. The third kappa shape index (κ3) is 7.01. The first-order chi connectivity index (χ1) is 11.1. The van der Waals surface area contributed by atoms with Gasteiger partial charge in [-0.2, -0.15) is 0 Å². The monoisotopic (exact) mass is 333 g/mol. The molecule has 0 unspecified atom stereocenters. The molecule has 0 aromatic heterocycles. The Morgan fingerprint density at radius 3 is 2.39 bits per heavy atom. The summed E-state index contributed by atoms with van der Waals surface area (Å²) in [6.45, 7) is 0.371. The highest BCUT2D eigenvalue weighted by atomic mass is 16.7. The fraction of sp³-hybridized carbons (Fsp3) is 1.00. The average Bonchev–Trinajstić information content (AvgIpc) is 2.84. The van der Waals surface area contributed by atoms with Crippen LogP contribution < -0.4 is 0 Å². The van der Waals surface area contributed by atoms with Gasteiger partial charge in [-0.1, -0.05) is 30.8 Å². The van der Waals surface area contributed by atoms with E-state index >= 15 is 0 Å². The number of ether oxygens (including phenoxy) is 2. The van der Waals surface area contributed by atoms with Gasteiger partial charge in [-0.3, -0.25) is 0 Å². The minimum Gasteiger partial charge on any atom is -0.394 e. The molecular formula is C14H27N3O6. The Kier molecular flexibility index (Phi) is 10.1. The van der Waals surface area contributed by atoms with Crippen molar-refractivity contribution in [3.8, 4) is 0 Å². The summed E-state index contributed by atoms with van der Waals surface area (Å²) in [5, 5.41) is 41.3. The number of aliphatic hydroxyl groups is 4. The number of azide groups is 1. The second kappa shape index (κ2) is 11.6. The minimum absolute atomic E-state index is 0.384. The van der Waals surface area contributed by atoms with Crippen molar-refractivity contribution in [3.05, 3.63) is 10.4 Å². The lowest BCUT2D eigenvalue weighted by Crippen LogP contribution is -2.40. The van der Waals surface area contributed by atoms with Crippen molar-refractivity contribution in [2.75, 3.05) is 19.8 Å². The molecule has 5 atom stereocenters. The van der Waals surface area contributed by atoms with Crippen molar-refractivity contribution in [2.24, 2.45) is 5.11 Å². The van der Waals surface area contributed by atoms with Gasteiger partial charge in [-0.15, -0.1) is 0 Å². The van der Waals surface area contributed by atoms with E-state index in [4.69, 9.17) is 20.1 Å². The lowest BCUT2D eigenvalue weighted by Gasteiger charge is -2.18. The van der Waals surface area contributed by atoms with Crippen LogP contribution in [0.2, 0.25) is 0 Å². The fourth-order valence-electron chi connectivity index (χ4n) is 2.47. The van der Waals surface area contributed by atoms with Crippen molar-refractivity contribution in [1.29, 1.82) is 0 Å². The molecule has 1 aliphatic rings. The molecule has 9 heteroatoms. The highest BCUT2D eigenvalue weighted by molar-refractivity contribution is 4.90. The second-order valence-electron chi connectivity index (χ2n) is 5.65. The van der Waals surface area contributed by atoms with Crippen LogP contribution in [0.3, 0.4) is 0 Å². The molecule has 0 amide bonds. The summed E-state index contributed by atoms with van der Waals surface area (Å²) in [6.07, 6.45) is -0.00144. The Morgan fingerprint density at radius 1 is 1.09 bits per heavy atom. The summed E-state index contributed by atoms with van der Waals surface area (Å²) >= 11 is 0. The molecule has 0 aromatic rings. The number of aliphatic hydroxyl groups excluding tert-OH is 4. The predicted octanol–water partition coefficient (Wildman–Crippen LogP) is 0.454. The zero-order chi connectivity index (χ0) is 17.1. The zero-order valence-corrected chi connectivity index (χ0v) is 13.2. The molecule has 1 rings (SSSR count). The maximum Gasteiger partial charge on any atom is 0.186 e. The van der Waals surface area contributed by atoms with Crippen LogP contribution >= 0.6 is 0 Å². The quantitative estimate of drug-likeness (QED) is 0.176. The van der Waals surface area contributed by atoms with E-state index in [9.17, 15) is 15.3 Å². The highest BCUT2D eigenvalue weighted by Gasteiger charge is 2.46. The summed E-state index contributed by atoms with van der Waals surface area (Å²) in [4.78, 5) is 2.69. The Balaban J connectivity index is 2.06. The molecule has 1 fully saturated rings. The van der Waals surface area contributed by atoms with E-state index in [1.54, 1.807) is 0 Å². The Hall–Kier alpha value is -0.930. The molecule has 0 radical (unpaired) electrons. The minimum atomic E-state index is -1.28. The van der Waals surface area contributed by atoms with E-state index in [-0.39, 0.29) is 0 Å². The summed E-state index contributed by atoms with van der Waals surface area (Å²) in [6, 6.07) is 0. The van der Waals surface area contributed by atoms with Crippen molar-refractivity contribution in [2.45, 2.75) is 69.2 Å². The van der Waals surface area contributed by atoms with Crippen LogP contribution in [0.15, 0.2) is 5.11 Å². The lowest BCUT2D eigenvalue weighted by molar-refractivity contribution is -0.181. The molecule has 0 aromatic carbocycles. The number of nitrogens with zero attached hydrogens (tertiary/aromatic N) is 3. The molecule has 0 saturated carbocycles. The Labute approximate surface area is 135 Å². The van der Waals surface area contributed by atoms with Crippen molar-refractivity contribution in [3.63, 3.8) is 0 Å². The van der Waals surface area contributed by atoms with E-state index < -0.39 is 37.3 Å². The third-order valence-electron chi connectivity index (χ3n) is 3.82. The van der Waals surface area contributed by atoms with Gasteiger partial charge in [0.2, 0.25) is 0 Å². The molecule has 0 spiro atoms. The van der Waals surface area contributed by atoms with Crippen LogP contribution in [0.25, 0.3) is 10.4 Å². The first-order valence-corrected chi connectivity index (χ1v) is 8.04. The SMILES string of the molecule is [N-]=[N+]=NCCCCCCCCO[C@@H]1O[C@@H]([C@H](O)CO)[C@H](O)[C@H]1O. The van der Waals surface area contributed by atoms with Crippen molar-refractivity contribution in [1.82, 2.24) is 0 Å². The molecule has 1 aliphatic heterocycles. The van der Waals surface area contributed by atoms with E-state index in [0.717, 1.165) is 38.5 Å². The average molecular weight is 333 g/mol. The van der Waals surface area contributed by atoms with E-state index in [2.05, 4.69) is 10.0 Å². The molecule has 23 heavy (non-hydrogen) atoms. The largest absolute Gasteiger partial charge is 0.394 e. The zero-order valence-electron chi connectivity index (χ0n) is 13.2. The summed E-state index contributed by atoms with van der Waals surface area (Å²) in [5.74, 6) is 0. The van der Waals surface area contributed by atoms with Gasteiger partial charge in [0.15, 0.2) is 6.29 Å². The van der Waals surface area contributed by atoms with Crippen LogP contribution in [0.1, 0.15) is 38.5 Å². The lowest BCUT2D eigenvalue weighted by atomic mass is 10.1. The van der Waals surface area contributed by atoms with Gasteiger partial charge in [0.25, 0.3) is 0 Å². The van der Waals surface area contributed by atoms with Gasteiger partial charge in [0, 0.05) is 18.1 Å². The number of unbranched alkanes of at least 4 members (excludes halogenated alkanes) is 5. The Morgan fingerprint density at radius 2 is 1.74 bits per heavy atom. The van der Waals surface area contributed by atoms with Gasteiger partial charge >= 0.3 is 0 Å². The molecule has 4 N–H and O–H groups in total. The van der Waals surface area contributed by atoms with Gasteiger partial charge < -0.3 is 29.9 Å². The van der Waals surface area contributed by atoms with E-state index in [1.165, 1.54) is 0 Å². The number of hydrogen-bond donors (Lipinski definition) is 4.